The fourth-order valence-corrected chi connectivity index (χ4v) is 0.723. The van der Waals surface area contributed by atoms with Gasteiger partial charge < -0.3 is 11.1 Å². The highest BCUT2D eigenvalue weighted by atomic mass is 32.1. The zero-order valence-corrected chi connectivity index (χ0v) is 9.26. The first-order valence-corrected chi connectivity index (χ1v) is 4.59. The Hall–Kier alpha value is -0.850. The molecule has 15 heavy (non-hydrogen) atoms. The van der Waals surface area contributed by atoms with Gasteiger partial charge >= 0.3 is 6.18 Å². The lowest BCUT2D eigenvalue weighted by Crippen LogP contribution is -2.42. The van der Waals surface area contributed by atoms with Crippen molar-refractivity contribution in [3.8, 4) is 0 Å². The van der Waals surface area contributed by atoms with E-state index in [-0.39, 0.29) is 11.5 Å². The third-order valence-electron chi connectivity index (χ3n) is 1.76. The molecule has 0 saturated heterocycles. The van der Waals surface area contributed by atoms with Crippen LogP contribution in [-0.2, 0) is 4.79 Å². The molecule has 0 aromatic heterocycles. The molecule has 88 valence electrons. The van der Waals surface area contributed by atoms with E-state index in [1.165, 1.54) is 0 Å². The van der Waals surface area contributed by atoms with E-state index in [0.717, 1.165) is 0 Å². The Balaban J connectivity index is 4.07. The summed E-state index contributed by atoms with van der Waals surface area (Å²) in [5.41, 5.74) is 4.66. The molecule has 0 atom stereocenters. The van der Waals surface area contributed by atoms with E-state index in [1.807, 2.05) is 0 Å². The summed E-state index contributed by atoms with van der Waals surface area (Å²) in [7, 11) is 0. The summed E-state index contributed by atoms with van der Waals surface area (Å²) in [4.78, 5) is 11.0. The molecule has 0 saturated carbocycles. The van der Waals surface area contributed by atoms with Crippen LogP contribution in [0.25, 0.3) is 0 Å². The molecule has 0 aliphatic carbocycles. The molecule has 0 aliphatic rings. The van der Waals surface area contributed by atoms with Crippen LogP contribution < -0.4 is 11.1 Å². The van der Waals surface area contributed by atoms with Crippen molar-refractivity contribution in [1.82, 2.24) is 5.32 Å². The lowest BCUT2D eigenvalue weighted by atomic mass is 9.93. The number of hydrogen-bond donors (Lipinski definition) is 2. The highest BCUT2D eigenvalue weighted by Gasteiger charge is 2.32. The Kier molecular flexibility index (Phi) is 4.51. The van der Waals surface area contributed by atoms with Gasteiger partial charge in [-0.15, -0.1) is 0 Å². The van der Waals surface area contributed by atoms with Crippen molar-refractivity contribution in [1.29, 1.82) is 0 Å². The topological polar surface area (TPSA) is 55.1 Å². The second kappa shape index (κ2) is 4.78. The van der Waals surface area contributed by atoms with E-state index in [1.54, 1.807) is 13.8 Å². The molecule has 0 aromatic rings. The number of thiocarbonyl (C=S) groups is 1. The maximum atomic E-state index is 11.8. The van der Waals surface area contributed by atoms with Gasteiger partial charge in [-0.1, -0.05) is 26.1 Å². The molecule has 7 heteroatoms. The fourth-order valence-electron chi connectivity index (χ4n) is 0.651. The van der Waals surface area contributed by atoms with E-state index in [9.17, 15) is 18.0 Å². The Morgan fingerprint density at radius 1 is 1.40 bits per heavy atom. The summed E-state index contributed by atoms with van der Waals surface area (Å²) < 4.78 is 35.3. The monoisotopic (exact) mass is 242 g/mol. The first-order valence-electron chi connectivity index (χ1n) is 4.18. The summed E-state index contributed by atoms with van der Waals surface area (Å²) in [6.45, 7) is 3.28. The van der Waals surface area contributed by atoms with Crippen molar-refractivity contribution in [2.75, 3.05) is 6.54 Å². The zero-order chi connectivity index (χ0) is 12.3. The number of carbonyl (C=O) groups is 1. The van der Waals surface area contributed by atoms with E-state index in [4.69, 9.17) is 18.0 Å². The summed E-state index contributed by atoms with van der Waals surface area (Å²) in [6, 6.07) is 0. The molecule has 0 rings (SSSR count). The number of carbonyl (C=O) groups excluding carboxylic acids is 1. The first-order chi connectivity index (χ1) is 6.54. The zero-order valence-electron chi connectivity index (χ0n) is 8.44. The maximum Gasteiger partial charge on any atom is 0.397 e. The highest BCUT2D eigenvalue weighted by molar-refractivity contribution is 7.80. The van der Waals surface area contributed by atoms with Crippen LogP contribution in [0.2, 0.25) is 0 Å². The summed E-state index contributed by atoms with van der Waals surface area (Å²) >= 11 is 4.70. The fraction of sp³-hybridized carbons (Fsp3) is 0.750. The lowest BCUT2D eigenvalue weighted by Gasteiger charge is -2.23. The lowest BCUT2D eigenvalue weighted by molar-refractivity contribution is -0.153. The standard InChI is InChI=1S/C8H13F3N2OS/c1-7(2,6(12)15)4-13-5(14)3-8(9,10)11/h3-4H2,1-2H3,(H2,12,15)(H,13,14). The number of alkyl halides is 3. The van der Waals surface area contributed by atoms with Gasteiger partial charge in [-0.05, 0) is 0 Å². The molecule has 0 bridgehead atoms. The Labute approximate surface area is 91.2 Å². The second-order valence-electron chi connectivity index (χ2n) is 3.82. The molecule has 0 aliphatic heterocycles. The van der Waals surface area contributed by atoms with E-state index >= 15 is 0 Å². The van der Waals surface area contributed by atoms with Gasteiger partial charge in [-0.3, -0.25) is 4.79 Å². The summed E-state index contributed by atoms with van der Waals surface area (Å²) in [5.74, 6) is -1.08. The van der Waals surface area contributed by atoms with Crippen LogP contribution in [0.1, 0.15) is 20.3 Å². The number of halogens is 3. The maximum absolute atomic E-state index is 11.8. The molecule has 1 amide bonds. The van der Waals surface area contributed by atoms with Crippen molar-refractivity contribution in [3.63, 3.8) is 0 Å². The normalized spacial score (nSPS) is 12.3. The number of nitrogens with one attached hydrogen (secondary N) is 1. The molecule has 3 nitrogen and oxygen atoms in total. The van der Waals surface area contributed by atoms with Gasteiger partial charge in [0.1, 0.15) is 6.42 Å². The van der Waals surface area contributed by atoms with Crippen molar-refractivity contribution in [2.45, 2.75) is 26.4 Å². The van der Waals surface area contributed by atoms with Gasteiger partial charge in [0.05, 0.1) is 4.99 Å². The second-order valence-corrected chi connectivity index (χ2v) is 4.26. The largest absolute Gasteiger partial charge is 0.397 e. The van der Waals surface area contributed by atoms with Gasteiger partial charge in [0, 0.05) is 12.0 Å². The molecular weight excluding hydrogens is 229 g/mol. The van der Waals surface area contributed by atoms with Crippen LogP contribution in [0.15, 0.2) is 0 Å². The van der Waals surface area contributed by atoms with Gasteiger partial charge in [0.25, 0.3) is 0 Å². The SMILES string of the molecule is CC(C)(CNC(=O)CC(F)(F)F)C(N)=S. The molecule has 0 fully saturated rings. The average Bonchev–Trinajstić information content (AvgIpc) is 1.97. The minimum absolute atomic E-state index is 0.00273. The van der Waals surface area contributed by atoms with Crippen LogP contribution in [0.5, 0.6) is 0 Å². The predicted octanol–water partition coefficient (Wildman–Crippen LogP) is 1.37. The average molecular weight is 242 g/mol. The Morgan fingerprint density at radius 3 is 2.20 bits per heavy atom. The Morgan fingerprint density at radius 2 is 1.87 bits per heavy atom. The van der Waals surface area contributed by atoms with Crippen LogP contribution in [0, 0.1) is 5.41 Å². The smallest absolute Gasteiger partial charge is 0.393 e. The molecule has 0 radical (unpaired) electrons. The Bertz CT molecular complexity index is 263. The molecule has 3 N–H and O–H groups in total. The van der Waals surface area contributed by atoms with Crippen LogP contribution in [0.4, 0.5) is 13.2 Å². The van der Waals surface area contributed by atoms with E-state index < -0.39 is 23.9 Å². The van der Waals surface area contributed by atoms with Crippen LogP contribution >= 0.6 is 12.2 Å². The third-order valence-corrected chi connectivity index (χ3v) is 2.31. The minimum atomic E-state index is -4.49. The molecular formula is C8H13F3N2OS. The number of amides is 1. The predicted molar refractivity (Wildman–Crippen MR) is 54.2 cm³/mol. The first kappa shape index (κ1) is 14.2. The van der Waals surface area contributed by atoms with Gasteiger partial charge in [-0.2, -0.15) is 13.2 Å². The highest BCUT2D eigenvalue weighted by Crippen LogP contribution is 2.19. The van der Waals surface area contributed by atoms with Crippen molar-refractivity contribution in [2.24, 2.45) is 11.1 Å². The van der Waals surface area contributed by atoms with E-state index in [2.05, 4.69) is 5.32 Å². The molecule has 0 spiro atoms. The summed E-state index contributed by atoms with van der Waals surface area (Å²) in [5, 5.41) is 2.13. The van der Waals surface area contributed by atoms with Crippen molar-refractivity contribution < 1.29 is 18.0 Å². The minimum Gasteiger partial charge on any atom is -0.393 e. The number of hydrogen-bond acceptors (Lipinski definition) is 2. The van der Waals surface area contributed by atoms with Gasteiger partial charge in [-0.25, -0.2) is 0 Å². The summed E-state index contributed by atoms with van der Waals surface area (Å²) in [6.07, 6.45) is -5.97. The van der Waals surface area contributed by atoms with Crippen molar-refractivity contribution in [3.05, 3.63) is 0 Å². The van der Waals surface area contributed by atoms with Crippen LogP contribution in [-0.4, -0.2) is 23.6 Å². The molecule has 0 heterocycles. The quantitative estimate of drug-likeness (QED) is 0.732. The van der Waals surface area contributed by atoms with Gasteiger partial charge in [0.2, 0.25) is 5.91 Å². The molecule has 0 unspecified atom stereocenters. The van der Waals surface area contributed by atoms with Crippen molar-refractivity contribution >= 4 is 23.1 Å². The van der Waals surface area contributed by atoms with Gasteiger partial charge in [0.15, 0.2) is 0 Å². The number of rotatable bonds is 4. The van der Waals surface area contributed by atoms with E-state index in [0.29, 0.717) is 0 Å². The molecule has 0 aromatic carbocycles. The van der Waals surface area contributed by atoms with Crippen LogP contribution in [0.3, 0.4) is 0 Å². The third kappa shape index (κ3) is 6.27. The number of nitrogens with two attached hydrogens (primary N) is 1.